The van der Waals surface area contributed by atoms with Crippen molar-refractivity contribution in [1.29, 1.82) is 0 Å². The normalized spacial score (nSPS) is 11.2. The second kappa shape index (κ2) is 8.09. The Morgan fingerprint density at radius 1 is 1.12 bits per heavy atom. The van der Waals surface area contributed by atoms with Crippen LogP contribution in [0, 0.1) is 4.84 Å². The van der Waals surface area contributed by atoms with Gasteiger partial charge in [-0.25, -0.2) is 19.5 Å². The Morgan fingerprint density at radius 2 is 2.00 bits per heavy atom. The Morgan fingerprint density at radius 3 is 2.81 bits per heavy atom. The number of ether oxygens (including phenoxy) is 2. The Hall–Kier alpha value is -3.70. The first kappa shape index (κ1) is 20.2. The second-order valence-electron chi connectivity index (χ2n) is 6.57. The zero-order chi connectivity index (χ0) is 22.2. The lowest BCUT2D eigenvalue weighted by atomic mass is 10.3. The molecule has 0 aliphatic heterocycles. The molecule has 32 heavy (non-hydrogen) atoms. The van der Waals surface area contributed by atoms with Crippen LogP contribution in [0.4, 0.5) is 0 Å². The predicted octanol–water partition coefficient (Wildman–Crippen LogP) is 4.47. The minimum Gasteiger partial charge on any atom is -0.493 e. The van der Waals surface area contributed by atoms with Crippen LogP contribution in [0.2, 0.25) is 0 Å². The summed E-state index contributed by atoms with van der Waals surface area (Å²) in [5, 5.41) is 0.325. The summed E-state index contributed by atoms with van der Waals surface area (Å²) < 4.78 is 18.0. The lowest BCUT2D eigenvalue weighted by Crippen LogP contribution is -2.20. The smallest absolute Gasteiger partial charge is 0.290 e. The van der Waals surface area contributed by atoms with Crippen molar-refractivity contribution < 1.29 is 13.9 Å². The quantitative estimate of drug-likeness (QED) is 0.348. The van der Waals surface area contributed by atoms with E-state index in [0.29, 0.717) is 32.9 Å². The van der Waals surface area contributed by atoms with E-state index >= 15 is 0 Å². The number of methoxy groups -OCH3 is 1. The molecule has 0 aliphatic rings. The number of hydrogen-bond acceptors (Lipinski definition) is 10. The number of nitrogens with zero attached hydrogens (tertiary/aromatic N) is 5. The number of hydrogen-bond donors (Lipinski definition) is 0. The second-order valence-corrected chi connectivity index (χ2v) is 7.88. The highest BCUT2D eigenvalue weighted by Gasteiger charge is 2.18. The molecule has 0 aromatic carbocycles. The van der Waals surface area contributed by atoms with Gasteiger partial charge in [-0.3, -0.25) is 9.78 Å². The molecule has 5 aromatic heterocycles. The minimum atomic E-state index is -0.450. The third-order valence-corrected chi connectivity index (χ3v) is 5.89. The van der Waals surface area contributed by atoms with E-state index in [2.05, 4.69) is 19.9 Å². The van der Waals surface area contributed by atoms with Crippen LogP contribution in [-0.2, 0) is 6.42 Å². The largest absolute Gasteiger partial charge is 0.493 e. The molecule has 5 rings (SSSR count). The third kappa shape index (κ3) is 3.41. The minimum absolute atomic E-state index is 0.0627. The molecule has 0 spiro atoms. The van der Waals surface area contributed by atoms with Crippen LogP contribution in [0.3, 0.4) is 0 Å². The molecule has 0 radical (unpaired) electrons. The zero-order valence-corrected chi connectivity index (χ0v) is 18.6. The topological polar surface area (TPSA) is 105 Å². The first-order valence-electron chi connectivity index (χ1n) is 9.57. The Kier molecular flexibility index (Phi) is 5.11. The van der Waals surface area contributed by atoms with Crippen molar-refractivity contribution in [2.24, 2.45) is 0 Å². The SMILES string of the molecule is CCc1ncccc1Oc1ccc2nc(-n3c(=S)oc4c(OC)ccnc4c3=O)sc2n1. The van der Waals surface area contributed by atoms with Crippen LogP contribution in [0.1, 0.15) is 12.6 Å². The monoisotopic (exact) mass is 465 g/mol. The number of thiazole rings is 1. The molecular weight excluding hydrogens is 450 g/mol. The predicted molar refractivity (Wildman–Crippen MR) is 122 cm³/mol. The van der Waals surface area contributed by atoms with Crippen molar-refractivity contribution in [1.82, 2.24) is 24.5 Å². The maximum atomic E-state index is 13.1. The van der Waals surface area contributed by atoms with E-state index in [9.17, 15) is 4.79 Å². The highest BCUT2D eigenvalue weighted by molar-refractivity contribution is 7.71. The highest BCUT2D eigenvalue weighted by Crippen LogP contribution is 2.29. The maximum Gasteiger partial charge on any atom is 0.290 e. The summed E-state index contributed by atoms with van der Waals surface area (Å²) in [6.07, 6.45) is 3.93. The van der Waals surface area contributed by atoms with Crippen LogP contribution in [0.5, 0.6) is 17.4 Å². The van der Waals surface area contributed by atoms with Gasteiger partial charge in [-0.1, -0.05) is 18.3 Å². The summed E-state index contributed by atoms with van der Waals surface area (Å²) in [6, 6.07) is 8.73. The maximum absolute atomic E-state index is 13.1. The van der Waals surface area contributed by atoms with Gasteiger partial charge in [0.2, 0.25) is 16.6 Å². The fraction of sp³-hybridized carbons (Fsp3) is 0.143. The molecule has 0 fully saturated rings. The van der Waals surface area contributed by atoms with E-state index in [4.69, 9.17) is 26.1 Å². The van der Waals surface area contributed by atoms with Crippen LogP contribution >= 0.6 is 23.6 Å². The van der Waals surface area contributed by atoms with E-state index in [1.807, 2.05) is 19.1 Å². The molecule has 0 atom stereocenters. The van der Waals surface area contributed by atoms with Crippen molar-refractivity contribution in [3.8, 4) is 22.5 Å². The van der Waals surface area contributed by atoms with Crippen molar-refractivity contribution in [3.05, 3.63) is 63.6 Å². The highest BCUT2D eigenvalue weighted by atomic mass is 32.1. The molecule has 0 N–H and O–H groups in total. The van der Waals surface area contributed by atoms with Crippen LogP contribution in [0.25, 0.3) is 26.6 Å². The van der Waals surface area contributed by atoms with E-state index in [0.717, 1.165) is 12.1 Å². The molecule has 5 heterocycles. The van der Waals surface area contributed by atoms with Crippen LogP contribution in [0.15, 0.2) is 51.9 Å². The number of rotatable bonds is 5. The first-order chi connectivity index (χ1) is 15.6. The summed E-state index contributed by atoms with van der Waals surface area (Å²) in [5.74, 6) is 1.42. The first-order valence-corrected chi connectivity index (χ1v) is 10.8. The zero-order valence-electron chi connectivity index (χ0n) is 16.9. The molecule has 5 aromatic rings. The summed E-state index contributed by atoms with van der Waals surface area (Å²) in [4.78, 5) is 31.1. The van der Waals surface area contributed by atoms with Gasteiger partial charge in [-0.15, -0.1) is 0 Å². The fourth-order valence-corrected chi connectivity index (χ4v) is 4.40. The standard InChI is InChI=1S/C21H15N5O4S2/c1-3-11-13(5-4-9-22-11)29-15-7-6-12-18(25-15)32-20(24-12)26-19(27)16-17(30-21(26)31)14(28-2)8-10-23-16/h4-10H,3H2,1-2H3. The van der Waals surface area contributed by atoms with Crippen LogP contribution < -0.4 is 15.0 Å². The number of pyridine rings is 3. The van der Waals surface area contributed by atoms with E-state index < -0.39 is 5.56 Å². The molecule has 9 nitrogen and oxygen atoms in total. The molecule has 0 aliphatic carbocycles. The molecular formula is C21H15N5O4S2. The van der Waals surface area contributed by atoms with Crippen molar-refractivity contribution in [2.45, 2.75) is 13.3 Å². The Labute approximate surface area is 190 Å². The van der Waals surface area contributed by atoms with Gasteiger partial charge < -0.3 is 13.9 Å². The lowest BCUT2D eigenvalue weighted by molar-refractivity contribution is 0.404. The van der Waals surface area contributed by atoms with Gasteiger partial charge in [0.1, 0.15) is 10.3 Å². The molecule has 0 saturated heterocycles. The average Bonchev–Trinajstić information content (AvgIpc) is 3.22. The van der Waals surface area contributed by atoms with Gasteiger partial charge in [0.25, 0.3) is 10.4 Å². The van der Waals surface area contributed by atoms with Gasteiger partial charge >= 0.3 is 0 Å². The number of aryl methyl sites for hydroxylation is 1. The fourth-order valence-electron chi connectivity index (χ4n) is 3.16. The van der Waals surface area contributed by atoms with Gasteiger partial charge in [-0.2, -0.15) is 0 Å². The average molecular weight is 466 g/mol. The Balaban J connectivity index is 1.60. The van der Waals surface area contributed by atoms with Crippen LogP contribution in [-0.4, -0.2) is 31.6 Å². The van der Waals surface area contributed by atoms with E-state index in [1.165, 1.54) is 29.2 Å². The lowest BCUT2D eigenvalue weighted by Gasteiger charge is -2.07. The van der Waals surface area contributed by atoms with Gasteiger partial charge in [0, 0.05) is 24.5 Å². The summed E-state index contributed by atoms with van der Waals surface area (Å²) >= 11 is 6.52. The molecule has 0 amide bonds. The van der Waals surface area contributed by atoms with E-state index in [1.54, 1.807) is 24.4 Å². The summed E-state index contributed by atoms with van der Waals surface area (Å²) in [6.45, 7) is 2.00. The van der Waals surface area contributed by atoms with Crippen molar-refractivity contribution in [3.63, 3.8) is 0 Å². The molecule has 11 heteroatoms. The summed E-state index contributed by atoms with van der Waals surface area (Å²) in [5.41, 5.74) is 1.27. The summed E-state index contributed by atoms with van der Waals surface area (Å²) in [7, 11) is 1.48. The number of fused-ring (bicyclic) bond motifs is 2. The van der Waals surface area contributed by atoms with Gasteiger partial charge in [0.15, 0.2) is 17.0 Å². The van der Waals surface area contributed by atoms with E-state index in [-0.39, 0.29) is 15.9 Å². The van der Waals surface area contributed by atoms with Crippen molar-refractivity contribution >= 4 is 45.0 Å². The molecule has 0 saturated carbocycles. The number of aromatic nitrogens is 5. The van der Waals surface area contributed by atoms with Gasteiger partial charge in [0.05, 0.1) is 12.8 Å². The third-order valence-electron chi connectivity index (χ3n) is 4.67. The van der Waals surface area contributed by atoms with Crippen molar-refractivity contribution in [2.75, 3.05) is 7.11 Å². The molecule has 0 unspecified atom stereocenters. The molecule has 0 bridgehead atoms. The van der Waals surface area contributed by atoms with Gasteiger partial charge in [-0.05, 0) is 36.8 Å². The molecule has 160 valence electrons. The Bertz CT molecular complexity index is 1590.